The summed E-state index contributed by atoms with van der Waals surface area (Å²) in [4.78, 5) is 26.2. The number of anilines is 1. The minimum atomic E-state index is -0.996. The second-order valence-electron chi connectivity index (χ2n) is 5.38. The third-order valence-electron chi connectivity index (χ3n) is 3.45. The van der Waals surface area contributed by atoms with Crippen LogP contribution in [-0.2, 0) is 4.79 Å². The van der Waals surface area contributed by atoms with E-state index in [0.29, 0.717) is 11.3 Å². The van der Waals surface area contributed by atoms with Crippen molar-refractivity contribution in [2.24, 2.45) is 0 Å². The topological polar surface area (TPSA) is 94.4 Å². The number of amides is 1. The fourth-order valence-electron chi connectivity index (χ4n) is 2.14. The zero-order chi connectivity index (χ0) is 20.3. The van der Waals surface area contributed by atoms with Crippen LogP contribution in [0.5, 0.6) is 5.75 Å². The van der Waals surface area contributed by atoms with Gasteiger partial charge in [0.15, 0.2) is 23.4 Å². The summed E-state index contributed by atoms with van der Waals surface area (Å²) in [6.45, 7) is -0.405. The number of hydrogen-bond acceptors (Lipinski definition) is 6. The number of nitro groups is 1. The summed E-state index contributed by atoms with van der Waals surface area (Å²) in [5.74, 6) is -2.39. The van der Waals surface area contributed by atoms with Crippen LogP contribution in [0.4, 0.5) is 19.6 Å². The first kappa shape index (κ1) is 19.6. The van der Waals surface area contributed by atoms with Gasteiger partial charge in [-0.2, -0.15) is 0 Å². The Bertz CT molecular complexity index is 1060. The number of halogens is 3. The molecule has 0 aliphatic carbocycles. The maximum absolute atomic E-state index is 13.3. The van der Waals surface area contributed by atoms with Gasteiger partial charge in [0.2, 0.25) is 0 Å². The van der Waals surface area contributed by atoms with Crippen molar-refractivity contribution in [2.45, 2.75) is 0 Å². The number of rotatable bonds is 6. The number of benzene rings is 2. The summed E-state index contributed by atoms with van der Waals surface area (Å²) >= 11 is 6.98. The fraction of sp³-hybridized carbons (Fsp3) is 0.0588. The Morgan fingerprint density at radius 2 is 2.04 bits per heavy atom. The normalized spacial score (nSPS) is 10.5. The molecule has 2 aromatic carbocycles. The average molecular weight is 426 g/mol. The largest absolute Gasteiger partial charge is 0.482 e. The van der Waals surface area contributed by atoms with Gasteiger partial charge in [-0.3, -0.25) is 20.2 Å². The number of aromatic nitrogens is 1. The fourth-order valence-corrected chi connectivity index (χ4v) is 3.10. The van der Waals surface area contributed by atoms with Gasteiger partial charge in [-0.05, 0) is 24.3 Å². The van der Waals surface area contributed by atoms with E-state index in [1.165, 1.54) is 18.2 Å². The third kappa shape index (κ3) is 4.59. The van der Waals surface area contributed by atoms with Gasteiger partial charge in [-0.1, -0.05) is 11.6 Å². The first-order valence-electron chi connectivity index (χ1n) is 7.61. The van der Waals surface area contributed by atoms with Crippen molar-refractivity contribution in [3.05, 3.63) is 68.5 Å². The van der Waals surface area contributed by atoms with Crippen molar-refractivity contribution in [3.8, 4) is 17.0 Å². The van der Waals surface area contributed by atoms with Crippen molar-refractivity contribution >= 4 is 39.7 Å². The van der Waals surface area contributed by atoms with Crippen LogP contribution < -0.4 is 10.1 Å². The number of nitrogens with one attached hydrogen (secondary N) is 1. The highest BCUT2D eigenvalue weighted by molar-refractivity contribution is 7.14. The summed E-state index contributed by atoms with van der Waals surface area (Å²) in [6.07, 6.45) is 0. The molecule has 0 radical (unpaired) electrons. The van der Waals surface area contributed by atoms with Gasteiger partial charge in [0.25, 0.3) is 11.6 Å². The summed E-state index contributed by atoms with van der Waals surface area (Å²) < 4.78 is 31.6. The SMILES string of the molecule is O=C(COc1ccc([N+](=O)[O-])cc1Cl)Nc1nc(-c2ccc(F)c(F)c2)cs1. The van der Waals surface area contributed by atoms with Crippen LogP contribution in [0.3, 0.4) is 0 Å². The van der Waals surface area contributed by atoms with Crippen LogP contribution in [0.15, 0.2) is 41.8 Å². The lowest BCUT2D eigenvalue weighted by molar-refractivity contribution is -0.384. The first-order chi connectivity index (χ1) is 13.3. The van der Waals surface area contributed by atoms with Gasteiger partial charge >= 0.3 is 0 Å². The molecule has 1 amide bonds. The van der Waals surface area contributed by atoms with Gasteiger partial charge < -0.3 is 4.74 Å². The maximum atomic E-state index is 13.3. The molecule has 11 heteroatoms. The van der Waals surface area contributed by atoms with Crippen LogP contribution in [0, 0.1) is 21.7 Å². The quantitative estimate of drug-likeness (QED) is 0.457. The van der Waals surface area contributed by atoms with Crippen molar-refractivity contribution in [3.63, 3.8) is 0 Å². The molecule has 3 aromatic rings. The molecule has 1 N–H and O–H groups in total. The van der Waals surface area contributed by atoms with Gasteiger partial charge in [0, 0.05) is 23.1 Å². The maximum Gasteiger partial charge on any atom is 0.271 e. The minimum Gasteiger partial charge on any atom is -0.482 e. The molecule has 7 nitrogen and oxygen atoms in total. The highest BCUT2D eigenvalue weighted by Crippen LogP contribution is 2.29. The van der Waals surface area contributed by atoms with Crippen LogP contribution in [0.25, 0.3) is 11.3 Å². The molecule has 1 aromatic heterocycles. The molecule has 28 heavy (non-hydrogen) atoms. The molecule has 0 saturated heterocycles. The van der Waals surface area contributed by atoms with E-state index in [2.05, 4.69) is 10.3 Å². The van der Waals surface area contributed by atoms with Crippen molar-refractivity contribution in [2.75, 3.05) is 11.9 Å². The number of non-ortho nitro benzene ring substituents is 1. The lowest BCUT2D eigenvalue weighted by atomic mass is 10.2. The van der Waals surface area contributed by atoms with E-state index in [-0.39, 0.29) is 21.6 Å². The molecule has 144 valence electrons. The summed E-state index contributed by atoms with van der Waals surface area (Å²) in [7, 11) is 0. The molecule has 3 rings (SSSR count). The Hall–Kier alpha value is -3.11. The lowest BCUT2D eigenvalue weighted by Gasteiger charge is -2.07. The average Bonchev–Trinajstić information content (AvgIpc) is 3.11. The Morgan fingerprint density at radius 3 is 2.71 bits per heavy atom. The molecule has 0 bridgehead atoms. The number of thiazole rings is 1. The summed E-state index contributed by atoms with van der Waals surface area (Å²) in [6, 6.07) is 6.98. The Kier molecular flexibility index (Phi) is 5.81. The van der Waals surface area contributed by atoms with Crippen LogP contribution in [0.1, 0.15) is 0 Å². The summed E-state index contributed by atoms with van der Waals surface area (Å²) in [5, 5.41) is 15.0. The predicted octanol–water partition coefficient (Wildman–Crippen LogP) is 4.67. The molecule has 0 fully saturated rings. The van der Waals surface area contributed by atoms with E-state index in [0.717, 1.165) is 29.5 Å². The van der Waals surface area contributed by atoms with Crippen molar-refractivity contribution < 1.29 is 23.2 Å². The molecule has 0 saturated carbocycles. The predicted molar refractivity (Wildman–Crippen MR) is 99.7 cm³/mol. The van der Waals surface area contributed by atoms with E-state index in [4.69, 9.17) is 16.3 Å². The minimum absolute atomic E-state index is 0.00290. The molecule has 1 heterocycles. The Balaban J connectivity index is 1.60. The van der Waals surface area contributed by atoms with Crippen LogP contribution >= 0.6 is 22.9 Å². The van der Waals surface area contributed by atoms with E-state index >= 15 is 0 Å². The standard InChI is InChI=1S/C17H10ClF2N3O4S/c18-11-6-10(23(25)26)2-4-15(11)27-7-16(24)22-17-21-14(8-28-17)9-1-3-12(19)13(20)5-9/h1-6,8H,7H2,(H,21,22,24). The van der Waals surface area contributed by atoms with E-state index in [9.17, 15) is 23.7 Å². The number of nitrogens with zero attached hydrogens (tertiary/aromatic N) is 2. The van der Waals surface area contributed by atoms with Gasteiger partial charge in [-0.25, -0.2) is 13.8 Å². The number of carbonyl (C=O) groups excluding carboxylic acids is 1. The van der Waals surface area contributed by atoms with Gasteiger partial charge in [0.1, 0.15) is 5.75 Å². The first-order valence-corrected chi connectivity index (χ1v) is 8.87. The smallest absolute Gasteiger partial charge is 0.271 e. The molecule has 0 aliphatic heterocycles. The molecule has 0 unspecified atom stereocenters. The molecule has 0 atom stereocenters. The summed E-state index contributed by atoms with van der Waals surface area (Å²) in [5.41, 5.74) is 0.539. The lowest BCUT2D eigenvalue weighted by Crippen LogP contribution is -2.20. The zero-order valence-electron chi connectivity index (χ0n) is 13.8. The molecular formula is C17H10ClF2N3O4S. The Morgan fingerprint density at radius 1 is 1.25 bits per heavy atom. The highest BCUT2D eigenvalue weighted by atomic mass is 35.5. The Labute approximate surface area is 165 Å². The van der Waals surface area contributed by atoms with E-state index in [1.807, 2.05) is 0 Å². The number of nitro benzene ring substituents is 1. The molecule has 0 aliphatic rings. The van der Waals surface area contributed by atoms with Gasteiger partial charge in [-0.15, -0.1) is 11.3 Å². The van der Waals surface area contributed by atoms with Crippen molar-refractivity contribution in [1.82, 2.24) is 4.98 Å². The number of hydrogen-bond donors (Lipinski definition) is 1. The highest BCUT2D eigenvalue weighted by Gasteiger charge is 2.13. The van der Waals surface area contributed by atoms with E-state index in [1.54, 1.807) is 5.38 Å². The zero-order valence-corrected chi connectivity index (χ0v) is 15.4. The number of ether oxygens (including phenoxy) is 1. The monoisotopic (exact) mass is 425 g/mol. The van der Waals surface area contributed by atoms with Crippen molar-refractivity contribution in [1.29, 1.82) is 0 Å². The third-order valence-corrected chi connectivity index (χ3v) is 4.50. The van der Waals surface area contributed by atoms with Crippen LogP contribution in [0.2, 0.25) is 5.02 Å². The van der Waals surface area contributed by atoms with Gasteiger partial charge in [0.05, 0.1) is 15.6 Å². The van der Waals surface area contributed by atoms with E-state index < -0.39 is 29.1 Å². The second kappa shape index (κ2) is 8.28. The molecular weight excluding hydrogens is 416 g/mol. The van der Waals surface area contributed by atoms with Crippen LogP contribution in [-0.4, -0.2) is 22.4 Å². The molecule has 0 spiro atoms. The number of carbonyl (C=O) groups is 1. The second-order valence-corrected chi connectivity index (χ2v) is 6.64.